The van der Waals surface area contributed by atoms with Gasteiger partial charge in [-0.15, -0.1) is 11.3 Å². The molecule has 3 heterocycles. The molecular formula is C27H24N2O3S2. The van der Waals surface area contributed by atoms with Gasteiger partial charge in [-0.1, -0.05) is 61.6 Å². The van der Waals surface area contributed by atoms with Crippen molar-refractivity contribution in [2.75, 3.05) is 4.90 Å². The zero-order chi connectivity index (χ0) is 24.1. The molecular weight excluding hydrogens is 464 g/mol. The van der Waals surface area contributed by atoms with Crippen LogP contribution in [0.3, 0.4) is 0 Å². The maximum Gasteiger partial charge on any atom is 0.296 e. The van der Waals surface area contributed by atoms with Gasteiger partial charge in [-0.2, -0.15) is 0 Å². The highest BCUT2D eigenvalue weighted by molar-refractivity contribution is 7.22. The van der Waals surface area contributed by atoms with Gasteiger partial charge in [-0.25, -0.2) is 4.98 Å². The first-order valence-electron chi connectivity index (χ1n) is 11.1. The van der Waals surface area contributed by atoms with Gasteiger partial charge in [0.15, 0.2) is 10.9 Å². The van der Waals surface area contributed by atoms with Crippen LogP contribution in [-0.2, 0) is 4.79 Å². The number of rotatable bonds is 5. The Morgan fingerprint density at radius 1 is 1.12 bits per heavy atom. The number of aliphatic hydroxyl groups is 1. The highest BCUT2D eigenvalue weighted by Gasteiger charge is 2.46. The summed E-state index contributed by atoms with van der Waals surface area (Å²) in [5, 5.41) is 13.2. The van der Waals surface area contributed by atoms with Gasteiger partial charge in [0.1, 0.15) is 0 Å². The summed E-state index contributed by atoms with van der Waals surface area (Å²) in [6, 6.07) is 14.7. The third-order valence-corrected chi connectivity index (χ3v) is 8.01. The van der Waals surface area contributed by atoms with Gasteiger partial charge in [0.2, 0.25) is 5.78 Å². The summed E-state index contributed by atoms with van der Waals surface area (Å²) in [7, 11) is 0. The summed E-state index contributed by atoms with van der Waals surface area (Å²) < 4.78 is 0.965. The van der Waals surface area contributed by atoms with E-state index in [9.17, 15) is 14.7 Å². The molecule has 1 aliphatic rings. The number of Topliss-reactive ketones (excluding diaryl/α,β-unsaturated/α-hetero) is 1. The Labute approximate surface area is 206 Å². The molecule has 0 saturated carbocycles. The van der Waals surface area contributed by atoms with Crippen LogP contribution >= 0.6 is 22.7 Å². The quantitative estimate of drug-likeness (QED) is 0.311. The number of ketones is 1. The number of aliphatic hydroxyl groups excluding tert-OH is 1. The summed E-state index contributed by atoms with van der Waals surface area (Å²) in [6.45, 7) is 8.25. The lowest BCUT2D eigenvalue weighted by atomic mass is 9.93. The fourth-order valence-corrected chi connectivity index (χ4v) is 6.26. The molecule has 7 heteroatoms. The molecule has 4 aromatic rings. The number of carbonyl (C=O) groups excluding carboxylic acids is 2. The Kier molecular flexibility index (Phi) is 5.62. The van der Waals surface area contributed by atoms with E-state index in [0.717, 1.165) is 32.5 Å². The molecule has 5 nitrogen and oxygen atoms in total. The second-order valence-corrected chi connectivity index (χ2v) is 10.8. The second kappa shape index (κ2) is 8.49. The van der Waals surface area contributed by atoms with Crippen LogP contribution in [0.1, 0.15) is 57.7 Å². The lowest BCUT2D eigenvalue weighted by molar-refractivity contribution is -0.117. The molecule has 2 aromatic heterocycles. The van der Waals surface area contributed by atoms with Crippen molar-refractivity contribution in [2.24, 2.45) is 0 Å². The van der Waals surface area contributed by atoms with E-state index < -0.39 is 17.7 Å². The summed E-state index contributed by atoms with van der Waals surface area (Å²) in [6.07, 6.45) is 0. The maximum atomic E-state index is 13.5. The molecule has 0 unspecified atom stereocenters. The number of amides is 1. The van der Waals surface area contributed by atoms with Crippen molar-refractivity contribution in [3.63, 3.8) is 0 Å². The fraction of sp³-hybridized carbons (Fsp3) is 0.222. The third kappa shape index (κ3) is 3.65. The largest absolute Gasteiger partial charge is 0.503 e. The van der Waals surface area contributed by atoms with Crippen LogP contribution in [0, 0.1) is 13.8 Å². The Morgan fingerprint density at radius 3 is 2.50 bits per heavy atom. The zero-order valence-electron chi connectivity index (χ0n) is 19.3. The molecule has 0 radical (unpaired) electrons. The molecule has 1 aliphatic heterocycles. The van der Waals surface area contributed by atoms with Gasteiger partial charge in [0, 0.05) is 0 Å². The van der Waals surface area contributed by atoms with Crippen molar-refractivity contribution in [3.8, 4) is 0 Å². The van der Waals surface area contributed by atoms with E-state index >= 15 is 0 Å². The normalized spacial score (nSPS) is 16.3. The molecule has 34 heavy (non-hydrogen) atoms. The van der Waals surface area contributed by atoms with E-state index in [1.807, 2.05) is 49.6 Å². The number of aryl methyl sites for hydroxylation is 2. The van der Waals surface area contributed by atoms with Crippen LogP contribution in [-0.4, -0.2) is 21.8 Å². The molecule has 1 N–H and O–H groups in total. The summed E-state index contributed by atoms with van der Waals surface area (Å²) in [5.74, 6) is -1.11. The summed E-state index contributed by atoms with van der Waals surface area (Å²) in [4.78, 5) is 33.6. The van der Waals surface area contributed by atoms with Gasteiger partial charge in [0.25, 0.3) is 5.91 Å². The summed E-state index contributed by atoms with van der Waals surface area (Å²) >= 11 is 2.69. The van der Waals surface area contributed by atoms with E-state index in [0.29, 0.717) is 15.9 Å². The van der Waals surface area contributed by atoms with Crippen LogP contribution in [0.4, 0.5) is 5.13 Å². The number of nitrogens with zero attached hydrogens (tertiary/aromatic N) is 2. The molecule has 5 rings (SSSR count). The van der Waals surface area contributed by atoms with Crippen molar-refractivity contribution in [2.45, 2.75) is 39.7 Å². The molecule has 0 bridgehead atoms. The van der Waals surface area contributed by atoms with Crippen molar-refractivity contribution in [1.82, 2.24) is 4.98 Å². The van der Waals surface area contributed by atoms with Crippen LogP contribution < -0.4 is 4.90 Å². The average Bonchev–Trinajstić information content (AvgIpc) is 3.53. The van der Waals surface area contributed by atoms with Crippen molar-refractivity contribution in [3.05, 3.63) is 92.4 Å². The van der Waals surface area contributed by atoms with E-state index in [2.05, 4.69) is 19.9 Å². The lowest BCUT2D eigenvalue weighted by Crippen LogP contribution is -2.30. The predicted octanol–water partition coefficient (Wildman–Crippen LogP) is 6.88. The van der Waals surface area contributed by atoms with Crippen molar-refractivity contribution in [1.29, 1.82) is 0 Å². The molecule has 1 amide bonds. The number of anilines is 1. The Balaban J connectivity index is 1.68. The first-order valence-corrected chi connectivity index (χ1v) is 12.8. The topological polar surface area (TPSA) is 70.5 Å². The van der Waals surface area contributed by atoms with Crippen LogP contribution in [0.25, 0.3) is 10.2 Å². The zero-order valence-corrected chi connectivity index (χ0v) is 21.0. The number of hydrogen-bond acceptors (Lipinski definition) is 6. The van der Waals surface area contributed by atoms with E-state index in [-0.39, 0.29) is 11.4 Å². The number of hydrogen-bond donors (Lipinski definition) is 1. The highest BCUT2D eigenvalue weighted by Crippen LogP contribution is 2.45. The molecule has 0 aliphatic carbocycles. The van der Waals surface area contributed by atoms with Crippen LogP contribution in [0.5, 0.6) is 0 Å². The van der Waals surface area contributed by atoms with Crippen molar-refractivity contribution >= 4 is 49.7 Å². The fourth-order valence-electron chi connectivity index (χ4n) is 4.42. The Hall–Kier alpha value is -3.29. The number of thiazole rings is 1. The van der Waals surface area contributed by atoms with E-state index in [1.165, 1.54) is 27.6 Å². The summed E-state index contributed by atoms with van der Waals surface area (Å²) in [5.41, 5.74) is 4.97. The SMILES string of the molecule is Cc1cc(C)c2nc(N3C(=O)C(O)=C(C(=O)c4cccs4)[C@H]3c3ccc(C(C)C)cc3)sc2c1. The number of aromatic nitrogens is 1. The standard InChI is InChI=1S/C27H24N2O3S2/c1-14(2)17-7-9-18(10-8-17)23-21(24(30)19-6-5-11-33-19)25(31)26(32)29(23)27-28-22-16(4)12-15(3)13-20(22)34-27/h5-14,23,31H,1-4H3/t23-/m1/s1. The number of thiophene rings is 1. The maximum absolute atomic E-state index is 13.5. The number of carbonyl (C=O) groups is 2. The van der Waals surface area contributed by atoms with Gasteiger partial charge < -0.3 is 5.11 Å². The smallest absolute Gasteiger partial charge is 0.296 e. The minimum Gasteiger partial charge on any atom is -0.503 e. The highest BCUT2D eigenvalue weighted by atomic mass is 32.1. The first kappa shape index (κ1) is 22.5. The van der Waals surface area contributed by atoms with Crippen LogP contribution in [0.2, 0.25) is 0 Å². The second-order valence-electron chi connectivity index (χ2n) is 8.89. The Morgan fingerprint density at radius 2 is 1.85 bits per heavy atom. The minimum atomic E-state index is -0.759. The van der Waals surface area contributed by atoms with Gasteiger partial charge >= 0.3 is 0 Å². The lowest BCUT2D eigenvalue weighted by Gasteiger charge is -2.24. The first-order chi connectivity index (χ1) is 16.3. The molecule has 0 fully saturated rings. The monoisotopic (exact) mass is 488 g/mol. The number of fused-ring (bicyclic) bond motifs is 1. The molecule has 0 saturated heterocycles. The van der Waals surface area contributed by atoms with Crippen LogP contribution in [0.15, 0.2) is 65.2 Å². The van der Waals surface area contributed by atoms with E-state index in [1.54, 1.807) is 12.1 Å². The molecule has 2 aromatic carbocycles. The van der Waals surface area contributed by atoms with Gasteiger partial charge in [-0.3, -0.25) is 14.5 Å². The third-order valence-electron chi connectivity index (χ3n) is 6.14. The average molecular weight is 489 g/mol. The number of benzene rings is 2. The van der Waals surface area contributed by atoms with E-state index in [4.69, 9.17) is 4.98 Å². The van der Waals surface area contributed by atoms with Gasteiger partial charge in [0.05, 0.1) is 26.7 Å². The molecule has 1 atom stereocenters. The molecule has 172 valence electrons. The predicted molar refractivity (Wildman–Crippen MR) is 138 cm³/mol. The van der Waals surface area contributed by atoms with Crippen molar-refractivity contribution < 1.29 is 14.7 Å². The Bertz CT molecular complexity index is 1450. The molecule has 0 spiro atoms. The minimum absolute atomic E-state index is 0.0944. The van der Waals surface area contributed by atoms with Gasteiger partial charge in [-0.05, 0) is 59.5 Å².